The number of fused-ring (bicyclic) bond motifs is 3. The van der Waals surface area contributed by atoms with E-state index in [2.05, 4.69) is 4.98 Å². The molecule has 0 amide bonds. The molecule has 3 aromatic heterocycles. The van der Waals surface area contributed by atoms with Crippen LogP contribution in [0.4, 0.5) is 0 Å². The minimum Gasteiger partial charge on any atom is -0.437 e. The Labute approximate surface area is 211 Å². The van der Waals surface area contributed by atoms with Crippen LogP contribution in [0.2, 0.25) is 0 Å². The van der Waals surface area contributed by atoms with Gasteiger partial charge in [-0.25, -0.2) is 4.98 Å². The number of para-hydroxylation sites is 1. The summed E-state index contributed by atoms with van der Waals surface area (Å²) in [4.78, 5) is 9.32. The molecule has 34 heavy (non-hydrogen) atoms. The minimum absolute atomic E-state index is 0.0217. The lowest BCUT2D eigenvalue weighted by Crippen LogP contribution is -2.00. The Morgan fingerprint density at radius 3 is 2.35 bits per heavy atom. The number of furan rings is 1. The fourth-order valence-electron chi connectivity index (χ4n) is 4.48. The summed E-state index contributed by atoms with van der Waals surface area (Å²) in [6.45, 7) is 6.04. The highest BCUT2D eigenvalue weighted by atomic mass is 16.3. The van der Waals surface area contributed by atoms with E-state index < -0.39 is 25.0 Å². The number of rotatable bonds is 5. The number of pyridine rings is 2. The molecule has 3 nitrogen and oxygen atoms in total. The van der Waals surface area contributed by atoms with Crippen LogP contribution in [0.15, 0.2) is 65.2 Å². The molecule has 0 fully saturated rings. The van der Waals surface area contributed by atoms with Crippen LogP contribution in [-0.2, 0) is 6.37 Å². The van der Waals surface area contributed by atoms with Crippen molar-refractivity contribution in [2.45, 2.75) is 59.6 Å². The topological polar surface area (TPSA) is 38.9 Å². The van der Waals surface area contributed by atoms with Crippen molar-refractivity contribution in [1.82, 2.24) is 9.97 Å². The summed E-state index contributed by atoms with van der Waals surface area (Å²) in [5.74, 6) is -1.86. The normalized spacial score (nSPS) is 16.3. The van der Waals surface area contributed by atoms with Crippen molar-refractivity contribution in [3.8, 4) is 22.5 Å². The Morgan fingerprint density at radius 1 is 0.941 bits per heavy atom. The average Bonchev–Trinajstić information content (AvgIpc) is 3.24. The Kier molecular flexibility index (Phi) is 3.96. The maximum absolute atomic E-state index is 8.77. The molecule has 3 heterocycles. The van der Waals surface area contributed by atoms with Gasteiger partial charge < -0.3 is 4.42 Å². The average molecular weight is 456 g/mol. The van der Waals surface area contributed by atoms with E-state index >= 15 is 0 Å². The van der Waals surface area contributed by atoms with Gasteiger partial charge in [0.25, 0.3) is 0 Å². The second-order valence-electron chi connectivity index (χ2n) is 8.93. The van der Waals surface area contributed by atoms with Gasteiger partial charge in [0.15, 0.2) is 0 Å². The molecule has 0 bridgehead atoms. The molecular weight excluding hydrogens is 416 g/mol. The monoisotopic (exact) mass is 455 g/mol. The van der Waals surface area contributed by atoms with Crippen LogP contribution in [0, 0.1) is 6.85 Å². The number of hydrogen-bond donors (Lipinski definition) is 0. The van der Waals surface area contributed by atoms with Crippen LogP contribution in [0.25, 0.3) is 44.6 Å². The van der Waals surface area contributed by atoms with Crippen molar-refractivity contribution in [2.75, 3.05) is 0 Å². The van der Waals surface area contributed by atoms with Gasteiger partial charge in [0.2, 0.25) is 5.71 Å². The summed E-state index contributed by atoms with van der Waals surface area (Å²) in [6, 6.07) is 16.4. The van der Waals surface area contributed by atoms with E-state index in [1.807, 2.05) is 70.2 Å². The molecule has 0 radical (unpaired) electrons. The lowest BCUT2D eigenvalue weighted by Gasteiger charge is -2.19. The first kappa shape index (κ1) is 15.4. The molecule has 0 aliphatic rings. The predicted octanol–water partition coefficient (Wildman–Crippen LogP) is 8.83. The van der Waals surface area contributed by atoms with Crippen molar-refractivity contribution in [3.05, 3.63) is 83.0 Å². The van der Waals surface area contributed by atoms with Gasteiger partial charge in [-0.15, -0.1) is 0 Å². The SMILES string of the molecule is [2H]C([2H])([2H])c1cc(-c2cccc3c2oc2nc(-c4c(C([2H])(C)C)cccc4C([2H])(C)C)ccc23)ncc1C([2H])([2H])C. The van der Waals surface area contributed by atoms with Crippen molar-refractivity contribution in [1.29, 1.82) is 0 Å². The summed E-state index contributed by atoms with van der Waals surface area (Å²) in [6.07, 6.45) is -0.587. The predicted molar refractivity (Wildman–Crippen MR) is 142 cm³/mol. The molecule has 0 N–H and O–H groups in total. The Bertz CT molecular complexity index is 1750. The van der Waals surface area contributed by atoms with Gasteiger partial charge in [-0.05, 0) is 71.5 Å². The Morgan fingerprint density at radius 2 is 1.68 bits per heavy atom. The molecule has 172 valence electrons. The maximum atomic E-state index is 8.77. The van der Waals surface area contributed by atoms with E-state index in [9.17, 15) is 0 Å². The first-order valence-corrected chi connectivity index (χ1v) is 11.4. The number of nitrogens with zero attached hydrogens (tertiary/aromatic N) is 2. The van der Waals surface area contributed by atoms with Gasteiger partial charge in [0.1, 0.15) is 5.58 Å². The largest absolute Gasteiger partial charge is 0.437 e. The first-order valence-electron chi connectivity index (χ1n) is 14.9. The van der Waals surface area contributed by atoms with Crippen molar-refractivity contribution < 1.29 is 14.0 Å². The summed E-state index contributed by atoms with van der Waals surface area (Å²) in [5.41, 5.74) is 4.56. The van der Waals surface area contributed by atoms with E-state index in [0.29, 0.717) is 28.2 Å². The van der Waals surface area contributed by atoms with Crippen molar-refractivity contribution in [2.24, 2.45) is 0 Å². The lowest BCUT2D eigenvalue weighted by atomic mass is 9.87. The van der Waals surface area contributed by atoms with Gasteiger partial charge in [-0.3, -0.25) is 4.98 Å². The van der Waals surface area contributed by atoms with Crippen LogP contribution >= 0.6 is 0 Å². The van der Waals surface area contributed by atoms with E-state index in [0.717, 1.165) is 27.5 Å². The summed E-state index contributed by atoms with van der Waals surface area (Å²) in [7, 11) is 0. The van der Waals surface area contributed by atoms with Crippen LogP contribution in [0.5, 0.6) is 0 Å². The molecule has 0 atom stereocenters. The van der Waals surface area contributed by atoms with E-state index in [4.69, 9.17) is 19.0 Å². The van der Waals surface area contributed by atoms with Gasteiger partial charge >= 0.3 is 0 Å². The van der Waals surface area contributed by atoms with Crippen LogP contribution in [-0.4, -0.2) is 9.97 Å². The third-order valence-electron chi connectivity index (χ3n) is 6.21. The fraction of sp³-hybridized carbons (Fsp3) is 0.290. The Balaban J connectivity index is 1.74. The second kappa shape index (κ2) is 8.72. The third-order valence-corrected chi connectivity index (χ3v) is 6.21. The zero-order valence-electron chi connectivity index (χ0n) is 27.1. The van der Waals surface area contributed by atoms with Crippen LogP contribution < -0.4 is 0 Å². The lowest BCUT2D eigenvalue weighted by molar-refractivity contribution is 0.655. The van der Waals surface area contributed by atoms with Gasteiger partial charge in [0, 0.05) is 37.7 Å². The third kappa shape index (κ3) is 3.69. The number of hydrogen-bond acceptors (Lipinski definition) is 3. The molecule has 5 aromatic rings. The molecule has 0 saturated heterocycles. The van der Waals surface area contributed by atoms with Crippen molar-refractivity contribution >= 4 is 22.1 Å². The molecule has 0 spiro atoms. The zero-order chi connectivity index (χ0) is 30.1. The fourth-order valence-corrected chi connectivity index (χ4v) is 4.48. The number of aromatic nitrogens is 2. The van der Waals surface area contributed by atoms with E-state index in [-0.39, 0.29) is 11.1 Å². The number of aryl methyl sites for hydroxylation is 2. The highest BCUT2D eigenvalue weighted by Gasteiger charge is 2.19. The second-order valence-corrected chi connectivity index (χ2v) is 8.93. The standard InChI is InChI=1S/C31H32N2O/c1-7-21-17-32-28(16-20(21)6)26-13-9-12-24-25-14-15-27(33-31(25)34-30(24)26)29-22(18(2)3)10-8-11-23(29)19(4)5/h8-19H,7H2,1-6H3/i6D3,7D2,18D,19D. The highest BCUT2D eigenvalue weighted by Crippen LogP contribution is 2.39. The molecule has 3 heteroatoms. The minimum atomic E-state index is -2.53. The van der Waals surface area contributed by atoms with E-state index in [1.54, 1.807) is 6.07 Å². The maximum Gasteiger partial charge on any atom is 0.227 e. The first-order chi connectivity index (χ1) is 18.9. The smallest absolute Gasteiger partial charge is 0.227 e. The summed E-state index contributed by atoms with van der Waals surface area (Å²) < 4.78 is 64.1. The summed E-state index contributed by atoms with van der Waals surface area (Å²) >= 11 is 0. The molecule has 0 aliphatic carbocycles. The molecule has 0 aliphatic heterocycles. The summed E-state index contributed by atoms with van der Waals surface area (Å²) in [5, 5.41) is 1.54. The van der Waals surface area contributed by atoms with Crippen LogP contribution in [0.1, 0.15) is 78.3 Å². The molecule has 0 unspecified atom stereocenters. The number of benzene rings is 2. The Hall–Kier alpha value is -3.46. The molecule has 5 rings (SSSR count). The van der Waals surface area contributed by atoms with E-state index in [1.165, 1.54) is 19.2 Å². The van der Waals surface area contributed by atoms with Gasteiger partial charge in [-0.2, -0.15) is 0 Å². The zero-order valence-corrected chi connectivity index (χ0v) is 20.1. The molecular formula is C31H32N2O. The van der Waals surface area contributed by atoms with Gasteiger partial charge in [-0.1, -0.05) is 65.0 Å². The van der Waals surface area contributed by atoms with Crippen LogP contribution in [0.3, 0.4) is 0 Å². The molecule has 2 aromatic carbocycles. The quantitative estimate of drug-likeness (QED) is 0.266. The van der Waals surface area contributed by atoms with Gasteiger partial charge in [0.05, 0.1) is 11.4 Å². The highest BCUT2D eigenvalue weighted by molar-refractivity contribution is 6.08. The van der Waals surface area contributed by atoms with Crippen molar-refractivity contribution in [3.63, 3.8) is 0 Å². The molecule has 0 saturated carbocycles.